The molecule has 5 rings (SSSR count). The Kier molecular flexibility index (Phi) is 4.55. The number of benzene rings is 1. The Bertz CT molecular complexity index is 1080. The minimum atomic E-state index is -0.394. The molecule has 0 aliphatic carbocycles. The zero-order chi connectivity index (χ0) is 20.7. The molecule has 0 bridgehead atoms. The average molecular weight is 403 g/mol. The van der Waals surface area contributed by atoms with Crippen molar-refractivity contribution >= 4 is 23.2 Å². The van der Waals surface area contributed by atoms with Crippen molar-refractivity contribution in [3.05, 3.63) is 71.5 Å². The molecule has 8 nitrogen and oxygen atoms in total. The van der Waals surface area contributed by atoms with Gasteiger partial charge in [-0.15, -0.1) is 0 Å². The van der Waals surface area contributed by atoms with Gasteiger partial charge in [-0.2, -0.15) is 5.10 Å². The van der Waals surface area contributed by atoms with Crippen LogP contribution in [0.1, 0.15) is 26.4 Å². The van der Waals surface area contributed by atoms with E-state index in [0.29, 0.717) is 24.2 Å². The monoisotopic (exact) mass is 403 g/mol. The highest BCUT2D eigenvalue weighted by molar-refractivity contribution is 6.22. The fourth-order valence-electron chi connectivity index (χ4n) is 4.07. The Morgan fingerprint density at radius 3 is 2.23 bits per heavy atom. The maximum Gasteiger partial charge on any atom is 0.262 e. The van der Waals surface area contributed by atoms with Gasteiger partial charge < -0.3 is 4.90 Å². The van der Waals surface area contributed by atoms with Gasteiger partial charge in [0.2, 0.25) is 5.91 Å². The molecule has 0 saturated carbocycles. The predicted octanol–water partition coefficient (Wildman–Crippen LogP) is 1.27. The van der Waals surface area contributed by atoms with Crippen LogP contribution in [0.3, 0.4) is 0 Å². The van der Waals surface area contributed by atoms with Crippen molar-refractivity contribution < 1.29 is 14.4 Å². The number of imide groups is 1. The van der Waals surface area contributed by atoms with E-state index in [1.54, 1.807) is 29.2 Å². The number of piperazine rings is 1. The number of fused-ring (bicyclic) bond motifs is 2. The van der Waals surface area contributed by atoms with Crippen molar-refractivity contribution in [2.75, 3.05) is 32.7 Å². The van der Waals surface area contributed by atoms with Crippen LogP contribution >= 0.6 is 0 Å². The summed E-state index contributed by atoms with van der Waals surface area (Å²) in [5.41, 5.74) is 2.79. The Balaban J connectivity index is 1.17. The van der Waals surface area contributed by atoms with E-state index in [-0.39, 0.29) is 12.5 Å². The predicted molar refractivity (Wildman–Crippen MR) is 109 cm³/mol. The topological polar surface area (TPSA) is 78.2 Å². The summed E-state index contributed by atoms with van der Waals surface area (Å²) >= 11 is 0. The van der Waals surface area contributed by atoms with Crippen molar-refractivity contribution in [3.8, 4) is 0 Å². The minimum Gasteiger partial charge on any atom is -0.339 e. The molecule has 4 heterocycles. The fraction of sp³-hybridized carbons (Fsp3) is 0.273. The van der Waals surface area contributed by atoms with Crippen LogP contribution in [0, 0.1) is 0 Å². The summed E-state index contributed by atoms with van der Waals surface area (Å²) in [6, 6.07) is 14.7. The molecule has 1 saturated heterocycles. The third-order valence-electron chi connectivity index (χ3n) is 5.70. The van der Waals surface area contributed by atoms with Crippen LogP contribution in [-0.2, 0) is 11.3 Å². The van der Waals surface area contributed by atoms with Crippen LogP contribution in [0.2, 0.25) is 0 Å². The first-order valence-electron chi connectivity index (χ1n) is 9.99. The van der Waals surface area contributed by atoms with Crippen LogP contribution in [0.15, 0.2) is 54.7 Å². The van der Waals surface area contributed by atoms with Crippen LogP contribution in [0.25, 0.3) is 5.52 Å². The molecule has 3 amide bonds. The zero-order valence-electron chi connectivity index (χ0n) is 16.4. The lowest BCUT2D eigenvalue weighted by Crippen LogP contribution is -2.51. The molecule has 2 aromatic heterocycles. The highest BCUT2D eigenvalue weighted by Gasteiger charge is 2.37. The highest BCUT2D eigenvalue weighted by Crippen LogP contribution is 2.22. The summed E-state index contributed by atoms with van der Waals surface area (Å²) in [6.07, 6.45) is 1.93. The Morgan fingerprint density at radius 2 is 1.57 bits per heavy atom. The molecule has 2 aliphatic rings. The first kappa shape index (κ1) is 18.5. The lowest BCUT2D eigenvalue weighted by molar-refractivity contribution is -0.133. The van der Waals surface area contributed by atoms with E-state index in [1.807, 2.05) is 28.9 Å². The van der Waals surface area contributed by atoms with Gasteiger partial charge in [0, 0.05) is 38.9 Å². The van der Waals surface area contributed by atoms with Crippen LogP contribution in [0.4, 0.5) is 0 Å². The van der Waals surface area contributed by atoms with Gasteiger partial charge in [0.15, 0.2) is 0 Å². The van der Waals surface area contributed by atoms with E-state index in [4.69, 9.17) is 0 Å². The second-order valence-electron chi connectivity index (χ2n) is 7.60. The molecule has 0 N–H and O–H groups in total. The van der Waals surface area contributed by atoms with Gasteiger partial charge in [-0.05, 0) is 30.3 Å². The molecule has 152 valence electrons. The maximum absolute atomic E-state index is 12.7. The third-order valence-corrected chi connectivity index (χ3v) is 5.70. The number of nitrogens with zero attached hydrogens (tertiary/aromatic N) is 5. The highest BCUT2D eigenvalue weighted by atomic mass is 16.2. The molecule has 30 heavy (non-hydrogen) atoms. The van der Waals surface area contributed by atoms with Crippen molar-refractivity contribution in [1.82, 2.24) is 24.3 Å². The van der Waals surface area contributed by atoms with E-state index in [2.05, 4.69) is 16.1 Å². The molecular weight excluding hydrogens is 382 g/mol. The fourth-order valence-corrected chi connectivity index (χ4v) is 4.07. The van der Waals surface area contributed by atoms with Gasteiger partial charge >= 0.3 is 0 Å². The summed E-state index contributed by atoms with van der Waals surface area (Å²) in [5.74, 6) is -0.985. The van der Waals surface area contributed by atoms with Gasteiger partial charge in [-0.25, -0.2) is 4.52 Å². The molecule has 1 aromatic carbocycles. The van der Waals surface area contributed by atoms with Gasteiger partial charge in [0.25, 0.3) is 11.8 Å². The van der Waals surface area contributed by atoms with Crippen LogP contribution in [-0.4, -0.2) is 74.8 Å². The molecule has 0 unspecified atom stereocenters. The largest absolute Gasteiger partial charge is 0.339 e. The summed E-state index contributed by atoms with van der Waals surface area (Å²) < 4.78 is 1.86. The number of hydrogen-bond donors (Lipinski definition) is 0. The Morgan fingerprint density at radius 1 is 0.900 bits per heavy atom. The SMILES string of the molecule is O=C(CN1C(=O)c2ccccc2C1=O)N1CCN(Cc2cc3ccccn3n2)CC1. The van der Waals surface area contributed by atoms with Gasteiger partial charge in [0.05, 0.1) is 22.3 Å². The maximum atomic E-state index is 12.7. The summed E-state index contributed by atoms with van der Waals surface area (Å²) in [4.78, 5) is 42.7. The Labute approximate surface area is 173 Å². The summed E-state index contributed by atoms with van der Waals surface area (Å²) in [6.45, 7) is 3.09. The lowest BCUT2D eigenvalue weighted by atomic mass is 10.1. The molecule has 3 aromatic rings. The van der Waals surface area contributed by atoms with Crippen molar-refractivity contribution in [1.29, 1.82) is 0 Å². The molecular formula is C22H21N5O3. The van der Waals surface area contributed by atoms with Crippen molar-refractivity contribution in [3.63, 3.8) is 0 Å². The third kappa shape index (κ3) is 3.25. The van der Waals surface area contributed by atoms with Crippen molar-refractivity contribution in [2.45, 2.75) is 6.54 Å². The second-order valence-corrected chi connectivity index (χ2v) is 7.60. The quantitative estimate of drug-likeness (QED) is 0.613. The standard InChI is InChI=1S/C22H21N5O3/c28-20(15-26-21(29)18-6-1-2-7-19(18)22(26)30)25-11-9-24(10-12-25)14-16-13-17-5-3-4-8-27(17)23-16/h1-8,13H,9-12,14-15H2. The molecule has 1 fully saturated rings. The number of carbonyl (C=O) groups is 3. The number of hydrogen-bond acceptors (Lipinski definition) is 5. The normalized spacial score (nSPS) is 17.1. The summed E-state index contributed by atoms with van der Waals surface area (Å²) in [5, 5.41) is 4.58. The smallest absolute Gasteiger partial charge is 0.262 e. The number of amides is 3. The Hall–Kier alpha value is -3.52. The minimum absolute atomic E-state index is 0.197. The number of pyridine rings is 1. The number of aromatic nitrogens is 2. The molecule has 0 atom stereocenters. The number of rotatable bonds is 4. The van der Waals surface area contributed by atoms with Crippen LogP contribution < -0.4 is 0 Å². The van der Waals surface area contributed by atoms with E-state index in [9.17, 15) is 14.4 Å². The first-order valence-corrected chi connectivity index (χ1v) is 9.99. The van der Waals surface area contributed by atoms with E-state index < -0.39 is 11.8 Å². The first-order chi connectivity index (χ1) is 14.6. The van der Waals surface area contributed by atoms with E-state index >= 15 is 0 Å². The molecule has 0 radical (unpaired) electrons. The van der Waals surface area contributed by atoms with Crippen LogP contribution in [0.5, 0.6) is 0 Å². The number of carbonyl (C=O) groups excluding carboxylic acids is 3. The van der Waals surface area contributed by atoms with Crippen molar-refractivity contribution in [2.24, 2.45) is 0 Å². The van der Waals surface area contributed by atoms with E-state index in [1.165, 1.54) is 0 Å². The second kappa shape index (κ2) is 7.38. The molecule has 0 spiro atoms. The zero-order valence-corrected chi connectivity index (χ0v) is 16.4. The molecule has 8 heteroatoms. The average Bonchev–Trinajstić information content (AvgIpc) is 3.28. The lowest BCUT2D eigenvalue weighted by Gasteiger charge is -2.34. The molecule has 2 aliphatic heterocycles. The summed E-state index contributed by atoms with van der Waals surface area (Å²) in [7, 11) is 0. The van der Waals surface area contributed by atoms with Gasteiger partial charge in [0.1, 0.15) is 6.54 Å². The van der Waals surface area contributed by atoms with Gasteiger partial charge in [-0.3, -0.25) is 24.2 Å². The van der Waals surface area contributed by atoms with Gasteiger partial charge in [-0.1, -0.05) is 18.2 Å². The van der Waals surface area contributed by atoms with E-state index in [0.717, 1.165) is 35.7 Å².